The van der Waals surface area contributed by atoms with Gasteiger partial charge in [-0.05, 0) is 46.5 Å². The Hall–Kier alpha value is -0.730. The van der Waals surface area contributed by atoms with E-state index in [9.17, 15) is 4.79 Å². The Morgan fingerprint density at radius 2 is 2.00 bits per heavy atom. The van der Waals surface area contributed by atoms with E-state index in [2.05, 4.69) is 6.92 Å². The number of carbonyl (C=O) groups is 1. The summed E-state index contributed by atoms with van der Waals surface area (Å²) in [5.74, 6) is 0.729. The first kappa shape index (κ1) is 9.81. The van der Waals surface area contributed by atoms with Crippen molar-refractivity contribution in [3.05, 3.63) is 0 Å². The highest BCUT2D eigenvalue weighted by Gasteiger charge is 2.55. The molecule has 3 rings (SSSR count). The van der Waals surface area contributed by atoms with Crippen LogP contribution in [0.25, 0.3) is 0 Å². The number of hydrogen-bond acceptors (Lipinski definition) is 2. The summed E-state index contributed by atoms with van der Waals surface area (Å²) >= 11 is 0. The Kier molecular flexibility index (Phi) is 1.85. The van der Waals surface area contributed by atoms with Crippen LogP contribution >= 0.6 is 0 Å². The van der Waals surface area contributed by atoms with Gasteiger partial charge in [0.05, 0.1) is 0 Å². The maximum atomic E-state index is 11.8. The molecule has 0 aromatic carbocycles. The van der Waals surface area contributed by atoms with E-state index in [4.69, 9.17) is 4.74 Å². The van der Waals surface area contributed by atoms with E-state index in [1.807, 2.05) is 25.7 Å². The van der Waals surface area contributed by atoms with Crippen LogP contribution in [0.1, 0.15) is 40.5 Å². The van der Waals surface area contributed by atoms with Crippen molar-refractivity contribution in [3.63, 3.8) is 0 Å². The van der Waals surface area contributed by atoms with E-state index >= 15 is 0 Å². The molecule has 3 nitrogen and oxygen atoms in total. The lowest BCUT2D eigenvalue weighted by atomic mass is 9.75. The first-order chi connectivity index (χ1) is 6.30. The lowest BCUT2D eigenvalue weighted by Crippen LogP contribution is -2.47. The van der Waals surface area contributed by atoms with Crippen LogP contribution in [-0.2, 0) is 4.74 Å². The Bertz CT molecular complexity index is 261. The molecule has 0 aromatic heterocycles. The first-order valence-electron chi connectivity index (χ1n) is 5.31. The zero-order chi connectivity index (χ0) is 10.6. The van der Waals surface area contributed by atoms with Gasteiger partial charge >= 0.3 is 6.09 Å². The molecule has 0 spiro atoms. The molecule has 2 saturated heterocycles. The molecular formula is C11H19NO2. The van der Waals surface area contributed by atoms with E-state index in [0.29, 0.717) is 0 Å². The number of ether oxygens (including phenoxy) is 1. The van der Waals surface area contributed by atoms with Gasteiger partial charge in [0, 0.05) is 12.1 Å². The zero-order valence-electron chi connectivity index (χ0n) is 9.46. The van der Waals surface area contributed by atoms with Crippen molar-refractivity contribution in [2.24, 2.45) is 5.92 Å². The molecule has 2 aliphatic heterocycles. The summed E-state index contributed by atoms with van der Waals surface area (Å²) in [5.41, 5.74) is -0.270. The summed E-state index contributed by atoms with van der Waals surface area (Å²) in [4.78, 5) is 13.7. The van der Waals surface area contributed by atoms with Gasteiger partial charge in [-0.1, -0.05) is 0 Å². The minimum atomic E-state index is -0.375. The van der Waals surface area contributed by atoms with Gasteiger partial charge in [-0.25, -0.2) is 4.79 Å². The van der Waals surface area contributed by atoms with Crippen LogP contribution < -0.4 is 0 Å². The molecule has 1 saturated carbocycles. The van der Waals surface area contributed by atoms with Crippen molar-refractivity contribution in [1.29, 1.82) is 0 Å². The van der Waals surface area contributed by atoms with Crippen molar-refractivity contribution < 1.29 is 9.53 Å². The zero-order valence-corrected chi connectivity index (χ0v) is 9.46. The van der Waals surface area contributed by atoms with E-state index in [0.717, 1.165) is 25.3 Å². The van der Waals surface area contributed by atoms with E-state index in [-0.39, 0.29) is 17.2 Å². The molecule has 2 bridgehead atoms. The van der Waals surface area contributed by atoms with Crippen LogP contribution in [0.15, 0.2) is 0 Å². The summed E-state index contributed by atoms with van der Waals surface area (Å²) in [5, 5.41) is 0. The summed E-state index contributed by atoms with van der Waals surface area (Å²) in [7, 11) is 0. The van der Waals surface area contributed by atoms with Gasteiger partial charge in [0.25, 0.3) is 0 Å². The Morgan fingerprint density at radius 3 is 2.36 bits per heavy atom. The maximum Gasteiger partial charge on any atom is 0.410 e. The van der Waals surface area contributed by atoms with Gasteiger partial charge in [0.1, 0.15) is 5.60 Å². The average Bonchev–Trinajstić information content (AvgIpc) is 2.35. The number of nitrogens with zero attached hydrogens (tertiary/aromatic N) is 1. The van der Waals surface area contributed by atoms with Crippen LogP contribution in [0.4, 0.5) is 4.79 Å². The van der Waals surface area contributed by atoms with Crippen molar-refractivity contribution in [3.8, 4) is 0 Å². The molecule has 3 heteroatoms. The van der Waals surface area contributed by atoms with Crippen molar-refractivity contribution in [2.45, 2.75) is 51.7 Å². The second-order valence-corrected chi connectivity index (χ2v) is 5.86. The maximum absolute atomic E-state index is 11.8. The van der Waals surface area contributed by atoms with Crippen molar-refractivity contribution in [2.75, 3.05) is 6.54 Å². The molecule has 14 heavy (non-hydrogen) atoms. The third kappa shape index (κ3) is 1.49. The second kappa shape index (κ2) is 2.65. The fourth-order valence-corrected chi connectivity index (χ4v) is 2.62. The Labute approximate surface area is 85.4 Å². The van der Waals surface area contributed by atoms with E-state index < -0.39 is 0 Å². The molecule has 0 atom stereocenters. The average molecular weight is 197 g/mol. The van der Waals surface area contributed by atoms with E-state index in [1.165, 1.54) is 0 Å². The standard InChI is InChI=1S/C11H19NO2/c1-10(2,3)14-9(13)12-7-8-5-11(12,4)6-8/h8H,5-7H2,1-4H3. The smallest absolute Gasteiger partial charge is 0.410 e. The first-order valence-corrected chi connectivity index (χ1v) is 5.31. The molecule has 1 amide bonds. The highest BCUT2D eigenvalue weighted by atomic mass is 16.6. The minimum Gasteiger partial charge on any atom is -0.444 e. The van der Waals surface area contributed by atoms with Crippen LogP contribution in [0.3, 0.4) is 0 Å². The SMILES string of the molecule is CC(C)(C)OC(=O)N1CC2CC1(C)C2. The third-order valence-electron chi connectivity index (χ3n) is 3.16. The predicted molar refractivity (Wildman–Crippen MR) is 54.1 cm³/mol. The molecular weight excluding hydrogens is 178 g/mol. The molecule has 2 heterocycles. The van der Waals surface area contributed by atoms with Gasteiger partial charge in [0.15, 0.2) is 0 Å². The minimum absolute atomic E-state index is 0.104. The van der Waals surface area contributed by atoms with Gasteiger partial charge in [-0.15, -0.1) is 0 Å². The Morgan fingerprint density at radius 1 is 1.43 bits per heavy atom. The fourth-order valence-electron chi connectivity index (χ4n) is 2.62. The van der Waals surface area contributed by atoms with Gasteiger partial charge in [-0.3, -0.25) is 0 Å². The van der Waals surface area contributed by atoms with Crippen LogP contribution in [0.2, 0.25) is 0 Å². The lowest BCUT2D eigenvalue weighted by molar-refractivity contribution is 0.0109. The lowest BCUT2D eigenvalue weighted by Gasteiger charge is -2.38. The monoisotopic (exact) mass is 197 g/mol. The largest absolute Gasteiger partial charge is 0.444 e. The number of carbonyl (C=O) groups excluding carboxylic acids is 1. The second-order valence-electron chi connectivity index (χ2n) is 5.86. The van der Waals surface area contributed by atoms with Crippen LogP contribution in [0, 0.1) is 5.92 Å². The molecule has 3 aliphatic rings. The normalized spacial score (nSPS) is 35.4. The molecule has 3 fully saturated rings. The molecule has 0 unspecified atom stereocenters. The number of amides is 1. The van der Waals surface area contributed by atoms with Gasteiger partial charge < -0.3 is 9.64 Å². The predicted octanol–water partition coefficient (Wildman–Crippen LogP) is 2.41. The van der Waals surface area contributed by atoms with Crippen LogP contribution in [0.5, 0.6) is 0 Å². The summed E-state index contributed by atoms with van der Waals surface area (Å²) in [6, 6.07) is 0. The molecule has 1 aliphatic carbocycles. The Balaban J connectivity index is 2.00. The summed E-state index contributed by atoms with van der Waals surface area (Å²) in [6.07, 6.45) is 2.18. The molecule has 0 N–H and O–H groups in total. The topological polar surface area (TPSA) is 29.5 Å². The van der Waals surface area contributed by atoms with E-state index in [1.54, 1.807) is 0 Å². The van der Waals surface area contributed by atoms with Gasteiger partial charge in [-0.2, -0.15) is 0 Å². The third-order valence-corrected chi connectivity index (χ3v) is 3.16. The highest BCUT2D eigenvalue weighted by Crippen LogP contribution is 2.50. The van der Waals surface area contributed by atoms with Crippen molar-refractivity contribution >= 4 is 6.09 Å². The molecule has 0 aromatic rings. The fraction of sp³-hybridized carbons (Fsp3) is 0.909. The number of fused-ring (bicyclic) bond motifs is 1. The number of rotatable bonds is 0. The summed E-state index contributed by atoms with van der Waals surface area (Å²) < 4.78 is 5.37. The number of hydrogen-bond donors (Lipinski definition) is 0. The van der Waals surface area contributed by atoms with Gasteiger partial charge in [0.2, 0.25) is 0 Å². The summed E-state index contributed by atoms with van der Waals surface area (Å²) in [6.45, 7) is 8.78. The van der Waals surface area contributed by atoms with Crippen molar-refractivity contribution in [1.82, 2.24) is 4.90 Å². The molecule has 0 radical (unpaired) electrons. The molecule has 80 valence electrons. The van der Waals surface area contributed by atoms with Crippen LogP contribution in [-0.4, -0.2) is 28.7 Å². The highest BCUT2D eigenvalue weighted by molar-refractivity contribution is 5.70. The quantitative estimate of drug-likeness (QED) is 0.597.